The number of imidazole rings is 1. The zero-order valence-electron chi connectivity index (χ0n) is 12.5. The lowest BCUT2D eigenvalue weighted by molar-refractivity contribution is 0.101. The Labute approximate surface area is 131 Å². The van der Waals surface area contributed by atoms with Crippen LogP contribution in [0, 0.1) is 6.92 Å². The van der Waals surface area contributed by atoms with Crippen LogP contribution in [0.1, 0.15) is 30.0 Å². The van der Waals surface area contributed by atoms with E-state index >= 15 is 0 Å². The fraction of sp³-hybridized carbons (Fsp3) is 0.267. The van der Waals surface area contributed by atoms with Gasteiger partial charge < -0.3 is 10.1 Å². The molecule has 0 saturated carbocycles. The van der Waals surface area contributed by atoms with Gasteiger partial charge in [0, 0.05) is 0 Å². The number of amides is 1. The second-order valence-corrected chi connectivity index (χ2v) is 5.91. The number of aromatic nitrogens is 3. The molecular weight excluding hydrogens is 300 g/mol. The Morgan fingerprint density at radius 1 is 1.36 bits per heavy atom. The third-order valence-corrected chi connectivity index (χ3v) is 3.71. The molecule has 0 spiro atoms. The van der Waals surface area contributed by atoms with Crippen LogP contribution in [-0.4, -0.2) is 26.6 Å². The van der Waals surface area contributed by atoms with E-state index in [1.54, 1.807) is 16.9 Å². The summed E-state index contributed by atoms with van der Waals surface area (Å²) in [4.78, 5) is 17.6. The van der Waals surface area contributed by atoms with Crippen LogP contribution in [0.4, 0.5) is 5.69 Å². The van der Waals surface area contributed by atoms with Gasteiger partial charge in [-0.1, -0.05) is 23.5 Å². The molecule has 22 heavy (non-hydrogen) atoms. The van der Waals surface area contributed by atoms with Crippen LogP contribution < -0.4 is 10.1 Å². The second kappa shape index (κ2) is 5.76. The fourth-order valence-electron chi connectivity index (χ4n) is 2.16. The van der Waals surface area contributed by atoms with Gasteiger partial charge >= 0.3 is 0 Å². The zero-order valence-corrected chi connectivity index (χ0v) is 13.3. The molecule has 0 aliphatic carbocycles. The van der Waals surface area contributed by atoms with Crippen LogP contribution in [0.25, 0.3) is 4.96 Å². The first kappa shape index (κ1) is 14.5. The predicted molar refractivity (Wildman–Crippen MR) is 85.8 cm³/mol. The number of anilines is 1. The first-order valence-corrected chi connectivity index (χ1v) is 7.80. The number of aryl methyl sites for hydroxylation is 1. The van der Waals surface area contributed by atoms with Crippen molar-refractivity contribution < 1.29 is 9.53 Å². The normalized spacial score (nSPS) is 11.1. The highest BCUT2D eigenvalue weighted by molar-refractivity contribution is 7.14. The summed E-state index contributed by atoms with van der Waals surface area (Å²) in [6.07, 6.45) is 0.0278. The van der Waals surface area contributed by atoms with Gasteiger partial charge in [0.2, 0.25) is 4.96 Å². The highest BCUT2D eigenvalue weighted by Gasteiger charge is 2.19. The van der Waals surface area contributed by atoms with E-state index < -0.39 is 0 Å². The Bertz CT molecular complexity index is 822. The van der Waals surface area contributed by atoms with Gasteiger partial charge in [0.05, 0.1) is 17.5 Å². The van der Waals surface area contributed by atoms with Crippen molar-refractivity contribution in [1.29, 1.82) is 0 Å². The molecule has 7 heteroatoms. The predicted octanol–water partition coefficient (Wildman–Crippen LogP) is 3.14. The lowest BCUT2D eigenvalue weighted by Gasteiger charge is -2.14. The Kier molecular flexibility index (Phi) is 3.81. The van der Waals surface area contributed by atoms with Crippen molar-refractivity contribution in [2.75, 3.05) is 5.32 Å². The standard InChI is InChI=1S/C15H16N4O2S/c1-9(2)21-12-7-5-4-6-11(12)18-14(20)13-10(3)17-15-19(13)16-8-22-15/h4-9H,1-3H3,(H,18,20). The monoisotopic (exact) mass is 316 g/mol. The average molecular weight is 316 g/mol. The highest BCUT2D eigenvalue weighted by Crippen LogP contribution is 2.26. The summed E-state index contributed by atoms with van der Waals surface area (Å²) in [5.41, 5.74) is 3.38. The molecule has 2 aromatic heterocycles. The quantitative estimate of drug-likeness (QED) is 0.803. The van der Waals surface area contributed by atoms with Gasteiger partial charge in [0.25, 0.3) is 5.91 Å². The molecule has 0 saturated heterocycles. The van der Waals surface area contributed by atoms with Crippen LogP contribution in [0.5, 0.6) is 5.75 Å². The number of carbonyl (C=O) groups is 1. The van der Waals surface area contributed by atoms with Gasteiger partial charge in [-0.25, -0.2) is 4.98 Å². The molecule has 0 unspecified atom stereocenters. The van der Waals surface area contributed by atoms with E-state index in [9.17, 15) is 4.79 Å². The first-order chi connectivity index (χ1) is 10.6. The maximum Gasteiger partial charge on any atom is 0.276 e. The fourth-order valence-corrected chi connectivity index (χ4v) is 2.83. The molecule has 3 rings (SSSR count). The SMILES string of the molecule is Cc1nc2scnn2c1C(=O)Nc1ccccc1OC(C)C. The third-order valence-electron chi connectivity index (χ3n) is 3.03. The molecule has 0 fully saturated rings. The number of carbonyl (C=O) groups excluding carboxylic acids is 1. The largest absolute Gasteiger partial charge is 0.489 e. The van der Waals surface area contributed by atoms with Crippen molar-refractivity contribution in [3.63, 3.8) is 0 Å². The molecule has 0 atom stereocenters. The minimum atomic E-state index is -0.254. The van der Waals surface area contributed by atoms with Crippen molar-refractivity contribution in [2.45, 2.75) is 26.9 Å². The number of hydrogen-bond donors (Lipinski definition) is 1. The topological polar surface area (TPSA) is 68.5 Å². The summed E-state index contributed by atoms with van der Waals surface area (Å²) >= 11 is 1.39. The lowest BCUT2D eigenvalue weighted by Crippen LogP contribution is -2.17. The Hall–Kier alpha value is -2.41. The van der Waals surface area contributed by atoms with Crippen molar-refractivity contribution in [3.8, 4) is 5.75 Å². The summed E-state index contributed by atoms with van der Waals surface area (Å²) < 4.78 is 7.27. The number of hydrogen-bond acceptors (Lipinski definition) is 5. The van der Waals surface area contributed by atoms with E-state index in [1.807, 2.05) is 38.1 Å². The number of ether oxygens (including phenoxy) is 1. The van der Waals surface area contributed by atoms with Gasteiger partial charge in [-0.2, -0.15) is 9.61 Å². The Morgan fingerprint density at radius 2 is 2.14 bits per heavy atom. The minimum Gasteiger partial charge on any atom is -0.489 e. The molecule has 0 bridgehead atoms. The Morgan fingerprint density at radius 3 is 2.91 bits per heavy atom. The molecule has 6 nitrogen and oxygen atoms in total. The molecule has 0 aliphatic rings. The van der Waals surface area contributed by atoms with Crippen molar-refractivity contribution in [1.82, 2.24) is 14.6 Å². The smallest absolute Gasteiger partial charge is 0.276 e. The van der Waals surface area contributed by atoms with Gasteiger partial charge in [-0.15, -0.1) is 0 Å². The first-order valence-electron chi connectivity index (χ1n) is 6.92. The maximum atomic E-state index is 12.6. The summed E-state index contributed by atoms with van der Waals surface area (Å²) in [6.45, 7) is 5.68. The lowest BCUT2D eigenvalue weighted by atomic mass is 10.2. The summed E-state index contributed by atoms with van der Waals surface area (Å²) in [5, 5.41) is 7.03. The number of para-hydroxylation sites is 2. The Balaban J connectivity index is 1.92. The van der Waals surface area contributed by atoms with E-state index in [-0.39, 0.29) is 12.0 Å². The molecule has 1 N–H and O–H groups in total. The van der Waals surface area contributed by atoms with Crippen molar-refractivity contribution >= 4 is 27.9 Å². The van der Waals surface area contributed by atoms with E-state index in [1.165, 1.54) is 11.3 Å². The molecule has 0 aliphatic heterocycles. The van der Waals surface area contributed by atoms with Gasteiger partial charge in [-0.05, 0) is 32.9 Å². The minimum absolute atomic E-state index is 0.0278. The van der Waals surface area contributed by atoms with Crippen LogP contribution in [0.15, 0.2) is 29.8 Å². The molecule has 0 radical (unpaired) electrons. The van der Waals surface area contributed by atoms with Gasteiger partial charge in [0.15, 0.2) is 5.69 Å². The number of rotatable bonds is 4. The van der Waals surface area contributed by atoms with E-state index in [0.717, 1.165) is 0 Å². The van der Waals surface area contributed by atoms with E-state index in [4.69, 9.17) is 4.74 Å². The van der Waals surface area contributed by atoms with E-state index in [0.29, 0.717) is 27.8 Å². The summed E-state index contributed by atoms with van der Waals surface area (Å²) in [7, 11) is 0. The highest BCUT2D eigenvalue weighted by atomic mass is 32.1. The number of nitrogens with one attached hydrogen (secondary N) is 1. The molecule has 3 aromatic rings. The molecule has 114 valence electrons. The zero-order chi connectivity index (χ0) is 15.7. The van der Waals surface area contributed by atoms with Crippen molar-refractivity contribution in [3.05, 3.63) is 41.2 Å². The average Bonchev–Trinajstić information content (AvgIpc) is 2.99. The molecule has 1 amide bonds. The second-order valence-electron chi connectivity index (χ2n) is 5.10. The van der Waals surface area contributed by atoms with Crippen molar-refractivity contribution in [2.24, 2.45) is 0 Å². The number of benzene rings is 1. The van der Waals surface area contributed by atoms with Gasteiger partial charge in [-0.3, -0.25) is 4.79 Å². The van der Waals surface area contributed by atoms with Crippen LogP contribution in [0.2, 0.25) is 0 Å². The summed E-state index contributed by atoms with van der Waals surface area (Å²) in [6, 6.07) is 7.36. The number of nitrogens with zero attached hydrogens (tertiary/aromatic N) is 3. The van der Waals surface area contributed by atoms with Gasteiger partial charge in [0.1, 0.15) is 11.3 Å². The third kappa shape index (κ3) is 2.67. The maximum absolute atomic E-state index is 12.6. The van der Waals surface area contributed by atoms with Crippen LogP contribution in [0.3, 0.4) is 0 Å². The van der Waals surface area contributed by atoms with Crippen LogP contribution in [-0.2, 0) is 0 Å². The molecule has 1 aromatic carbocycles. The summed E-state index contributed by atoms with van der Waals surface area (Å²) in [5.74, 6) is 0.387. The molecular formula is C15H16N4O2S. The molecule has 2 heterocycles. The van der Waals surface area contributed by atoms with E-state index in [2.05, 4.69) is 15.4 Å². The van der Waals surface area contributed by atoms with Crippen LogP contribution >= 0.6 is 11.3 Å². The number of fused-ring (bicyclic) bond motifs is 1.